The van der Waals surface area contributed by atoms with Gasteiger partial charge in [-0.15, -0.1) is 11.8 Å². The number of carbonyl (C=O) groups excluding carboxylic acids is 2. The predicted molar refractivity (Wildman–Crippen MR) is 156 cm³/mol. The van der Waals surface area contributed by atoms with Gasteiger partial charge in [-0.2, -0.15) is 5.10 Å². The minimum absolute atomic E-state index is 0.0244. The van der Waals surface area contributed by atoms with E-state index < -0.39 is 16.9 Å². The summed E-state index contributed by atoms with van der Waals surface area (Å²) in [6.45, 7) is 1.49. The molecule has 8 nitrogen and oxygen atoms in total. The summed E-state index contributed by atoms with van der Waals surface area (Å²) < 4.78 is 41.7. The third-order valence-corrected chi connectivity index (χ3v) is 8.59. The molecular formula is C31H28F2N4O4S. The highest BCUT2D eigenvalue weighted by molar-refractivity contribution is 8.00. The summed E-state index contributed by atoms with van der Waals surface area (Å²) in [5.74, 6) is -0.980. The summed E-state index contributed by atoms with van der Waals surface area (Å²) in [4.78, 5) is 30.5. The van der Waals surface area contributed by atoms with Crippen LogP contribution in [0.1, 0.15) is 16.4 Å². The number of hydrogen-bond donors (Lipinski definition) is 0. The summed E-state index contributed by atoms with van der Waals surface area (Å²) >= 11 is 1.23. The van der Waals surface area contributed by atoms with Gasteiger partial charge in [0.25, 0.3) is 0 Å². The third-order valence-electron chi connectivity index (χ3n) is 7.36. The highest BCUT2D eigenvalue weighted by atomic mass is 32.2. The zero-order chi connectivity index (χ0) is 29.2. The van der Waals surface area contributed by atoms with Crippen molar-refractivity contribution in [3.8, 4) is 22.7 Å². The van der Waals surface area contributed by atoms with E-state index in [1.165, 1.54) is 28.8 Å². The summed E-state index contributed by atoms with van der Waals surface area (Å²) in [6.07, 6.45) is 0. The average Bonchev–Trinajstić information content (AvgIpc) is 3.35. The summed E-state index contributed by atoms with van der Waals surface area (Å²) in [6, 6.07) is 20.0. The molecule has 2 aliphatic rings. The number of thioether (sulfide) groups is 1. The minimum atomic E-state index is -0.722. The van der Waals surface area contributed by atoms with Crippen molar-refractivity contribution in [1.29, 1.82) is 0 Å². The monoisotopic (exact) mass is 590 g/mol. The zero-order valence-electron chi connectivity index (χ0n) is 22.8. The molecule has 3 heterocycles. The number of hydrogen-bond acceptors (Lipinski definition) is 6. The summed E-state index contributed by atoms with van der Waals surface area (Å²) in [7, 11) is 1.57. The van der Waals surface area contributed by atoms with Crippen LogP contribution in [0.3, 0.4) is 0 Å². The number of morpholine rings is 1. The van der Waals surface area contributed by atoms with E-state index in [9.17, 15) is 14.0 Å². The standard InChI is InChI=1S/C31H28F2N4O4S/c1-40-23-10-8-22(9-11-23)37-31-28(29(34-37)20-5-3-2-4-6-20)30(24-12-7-21(32)17-25(24)33)42-19-27(39)36(31)18-26(38)35-13-15-41-16-14-35/h2-12,17,30H,13-16,18-19H2,1H3/t30-/m1/s1. The van der Waals surface area contributed by atoms with Crippen molar-refractivity contribution in [2.45, 2.75) is 5.25 Å². The van der Waals surface area contributed by atoms with E-state index in [-0.39, 0.29) is 29.7 Å². The molecular weight excluding hydrogens is 562 g/mol. The average molecular weight is 591 g/mol. The number of carbonyl (C=O) groups is 2. The first kappa shape index (κ1) is 27.9. The van der Waals surface area contributed by atoms with Crippen molar-refractivity contribution in [3.05, 3.63) is 95.6 Å². The molecule has 216 valence electrons. The van der Waals surface area contributed by atoms with Gasteiger partial charge in [0.15, 0.2) is 0 Å². The first-order valence-corrected chi connectivity index (χ1v) is 14.5. The predicted octanol–water partition coefficient (Wildman–Crippen LogP) is 4.85. The number of fused-ring (bicyclic) bond motifs is 1. The van der Waals surface area contributed by atoms with Crippen LogP contribution < -0.4 is 9.64 Å². The maximum Gasteiger partial charge on any atom is 0.242 e. The number of nitrogens with zero attached hydrogens (tertiary/aromatic N) is 4. The maximum absolute atomic E-state index is 15.4. The Morgan fingerprint density at radius 3 is 2.48 bits per heavy atom. The number of benzene rings is 3. The highest BCUT2D eigenvalue weighted by Crippen LogP contribution is 2.49. The third kappa shape index (κ3) is 5.37. The van der Waals surface area contributed by atoms with Gasteiger partial charge in [0, 0.05) is 35.8 Å². The Morgan fingerprint density at radius 2 is 1.79 bits per heavy atom. The topological polar surface area (TPSA) is 76.9 Å². The lowest BCUT2D eigenvalue weighted by Gasteiger charge is -2.30. The molecule has 1 atom stereocenters. The van der Waals surface area contributed by atoms with E-state index in [0.29, 0.717) is 54.8 Å². The van der Waals surface area contributed by atoms with Crippen molar-refractivity contribution in [3.63, 3.8) is 0 Å². The number of halogens is 2. The van der Waals surface area contributed by atoms with Crippen LogP contribution in [0.5, 0.6) is 5.75 Å². The van der Waals surface area contributed by atoms with Gasteiger partial charge >= 0.3 is 0 Å². The van der Waals surface area contributed by atoms with Crippen molar-refractivity contribution in [2.75, 3.05) is 50.6 Å². The Bertz CT molecular complexity index is 1610. The highest BCUT2D eigenvalue weighted by Gasteiger charge is 2.39. The molecule has 1 saturated heterocycles. The normalized spacial score (nSPS) is 17.1. The molecule has 0 saturated carbocycles. The first-order valence-electron chi connectivity index (χ1n) is 13.5. The molecule has 0 bridgehead atoms. The molecule has 2 aliphatic heterocycles. The van der Waals surface area contributed by atoms with E-state index in [2.05, 4.69) is 0 Å². The molecule has 0 N–H and O–H groups in total. The largest absolute Gasteiger partial charge is 0.497 e. The van der Waals surface area contributed by atoms with Crippen LogP contribution in [-0.4, -0.2) is 72.2 Å². The fourth-order valence-corrected chi connectivity index (χ4v) is 6.46. The van der Waals surface area contributed by atoms with Gasteiger partial charge in [-0.3, -0.25) is 14.5 Å². The van der Waals surface area contributed by atoms with Crippen molar-refractivity contribution < 1.29 is 27.8 Å². The molecule has 6 rings (SSSR count). The lowest BCUT2D eigenvalue weighted by molar-refractivity contribution is -0.134. The van der Waals surface area contributed by atoms with E-state index in [4.69, 9.17) is 14.6 Å². The van der Waals surface area contributed by atoms with Crippen molar-refractivity contribution in [1.82, 2.24) is 14.7 Å². The molecule has 3 aromatic carbocycles. The molecule has 2 amide bonds. The van der Waals surface area contributed by atoms with Crippen LogP contribution in [0.15, 0.2) is 72.8 Å². The molecule has 0 spiro atoms. The van der Waals surface area contributed by atoms with E-state index >= 15 is 4.39 Å². The second kappa shape index (κ2) is 11.9. The Balaban J connectivity index is 1.59. The molecule has 1 aromatic heterocycles. The minimum Gasteiger partial charge on any atom is -0.497 e. The van der Waals surface area contributed by atoms with Gasteiger partial charge in [-0.1, -0.05) is 36.4 Å². The van der Waals surface area contributed by atoms with Crippen LogP contribution in [0.25, 0.3) is 16.9 Å². The Morgan fingerprint density at radius 1 is 1.05 bits per heavy atom. The number of rotatable bonds is 6. The second-order valence-corrected chi connectivity index (χ2v) is 11.0. The van der Waals surface area contributed by atoms with Gasteiger partial charge in [0.2, 0.25) is 11.8 Å². The Hall–Kier alpha value is -4.22. The molecule has 42 heavy (non-hydrogen) atoms. The molecule has 11 heteroatoms. The number of anilines is 1. The van der Waals surface area contributed by atoms with Crippen LogP contribution in [0, 0.1) is 11.6 Å². The molecule has 1 fully saturated rings. The summed E-state index contributed by atoms with van der Waals surface area (Å²) in [5.41, 5.74) is 2.69. The Kier molecular flexibility index (Phi) is 7.94. The molecule has 4 aromatic rings. The second-order valence-electron chi connectivity index (χ2n) is 9.89. The number of amides is 2. The lowest BCUT2D eigenvalue weighted by Crippen LogP contribution is -2.48. The maximum atomic E-state index is 15.4. The van der Waals surface area contributed by atoms with Gasteiger partial charge in [0.05, 0.1) is 42.7 Å². The SMILES string of the molecule is COc1ccc(-n2nc(-c3ccccc3)c3c2N(CC(=O)N2CCOCC2)C(=O)CS[C@@H]3c2ccc(F)cc2F)cc1. The smallest absolute Gasteiger partial charge is 0.242 e. The summed E-state index contributed by atoms with van der Waals surface area (Å²) in [5, 5.41) is 4.27. The molecule has 0 unspecified atom stereocenters. The first-order chi connectivity index (χ1) is 20.4. The zero-order valence-corrected chi connectivity index (χ0v) is 23.7. The quantitative estimate of drug-likeness (QED) is 0.320. The van der Waals surface area contributed by atoms with Crippen molar-refractivity contribution in [2.24, 2.45) is 0 Å². The van der Waals surface area contributed by atoms with Crippen LogP contribution in [0.2, 0.25) is 0 Å². The van der Waals surface area contributed by atoms with Crippen LogP contribution in [0.4, 0.5) is 14.6 Å². The van der Waals surface area contributed by atoms with Crippen LogP contribution in [-0.2, 0) is 14.3 Å². The number of ether oxygens (including phenoxy) is 2. The van der Waals surface area contributed by atoms with Crippen molar-refractivity contribution >= 4 is 29.4 Å². The molecule has 0 aliphatic carbocycles. The Labute approximate surface area is 245 Å². The van der Waals surface area contributed by atoms with Gasteiger partial charge in [0.1, 0.15) is 29.7 Å². The number of methoxy groups -OCH3 is 1. The van der Waals surface area contributed by atoms with Gasteiger partial charge < -0.3 is 14.4 Å². The molecule has 0 radical (unpaired) electrons. The van der Waals surface area contributed by atoms with Crippen LogP contribution >= 0.6 is 11.8 Å². The van der Waals surface area contributed by atoms with E-state index in [1.54, 1.807) is 41.0 Å². The van der Waals surface area contributed by atoms with E-state index in [1.807, 2.05) is 30.3 Å². The lowest BCUT2D eigenvalue weighted by atomic mass is 9.99. The fraction of sp³-hybridized carbons (Fsp3) is 0.258. The van der Waals surface area contributed by atoms with Gasteiger partial charge in [-0.05, 0) is 30.3 Å². The number of aromatic nitrogens is 2. The van der Waals surface area contributed by atoms with E-state index in [0.717, 1.165) is 11.6 Å². The fourth-order valence-electron chi connectivity index (χ4n) is 5.24. The van der Waals surface area contributed by atoms with Gasteiger partial charge in [-0.25, -0.2) is 13.5 Å².